The van der Waals surface area contributed by atoms with E-state index in [0.717, 1.165) is 17.4 Å². The summed E-state index contributed by atoms with van der Waals surface area (Å²) in [6, 6.07) is 17.5. The Hall–Kier alpha value is -2.59. The average Bonchev–Trinajstić information content (AvgIpc) is 3.04. The van der Waals surface area contributed by atoms with Gasteiger partial charge >= 0.3 is 0 Å². The minimum atomic E-state index is -0.256. The van der Waals surface area contributed by atoms with Crippen molar-refractivity contribution >= 4 is 16.9 Å². The molecule has 24 heavy (non-hydrogen) atoms. The molecule has 0 aliphatic rings. The molecule has 4 heteroatoms. The number of para-hydroxylation sites is 1. The average molecular weight is 323 g/mol. The van der Waals surface area contributed by atoms with Crippen molar-refractivity contribution in [2.45, 2.75) is 13.3 Å². The third-order valence-electron chi connectivity index (χ3n) is 4.10. The Morgan fingerprint density at radius 1 is 1.17 bits per heavy atom. The van der Waals surface area contributed by atoms with Gasteiger partial charge in [-0.25, -0.2) is 0 Å². The van der Waals surface area contributed by atoms with Crippen LogP contribution < -0.4 is 5.32 Å². The second-order valence-electron chi connectivity index (χ2n) is 6.10. The van der Waals surface area contributed by atoms with Crippen LogP contribution in [0.1, 0.15) is 21.7 Å². The number of aliphatic hydroxyl groups excluding tert-OH is 1. The summed E-state index contributed by atoms with van der Waals surface area (Å²) in [5.41, 5.74) is 3.05. The molecule has 0 aliphatic heterocycles. The Morgan fingerprint density at radius 3 is 2.62 bits per heavy atom. The summed E-state index contributed by atoms with van der Waals surface area (Å²) >= 11 is 0. The van der Waals surface area contributed by atoms with Crippen molar-refractivity contribution in [3.05, 3.63) is 71.5 Å². The van der Waals surface area contributed by atoms with Crippen molar-refractivity contribution in [3.63, 3.8) is 0 Å². The lowest BCUT2D eigenvalue weighted by Gasteiger charge is -2.14. The number of carbonyl (C=O) groups is 1. The van der Waals surface area contributed by atoms with Crippen LogP contribution in [0.3, 0.4) is 0 Å². The van der Waals surface area contributed by atoms with Crippen LogP contribution in [0.15, 0.2) is 59.0 Å². The number of carbonyl (C=O) groups excluding carboxylic acids is 1. The SMILES string of the molecule is Cc1ccc(C[C@@H](CO)CNC(=O)c2cc3ccccc3o2)cc1. The van der Waals surface area contributed by atoms with Gasteiger partial charge in [-0.05, 0) is 31.0 Å². The van der Waals surface area contributed by atoms with Gasteiger partial charge in [0.1, 0.15) is 5.58 Å². The molecule has 2 aromatic carbocycles. The predicted molar refractivity (Wildman–Crippen MR) is 94.0 cm³/mol. The van der Waals surface area contributed by atoms with Gasteiger partial charge in [-0.3, -0.25) is 4.79 Å². The second-order valence-corrected chi connectivity index (χ2v) is 6.10. The molecule has 0 spiro atoms. The van der Waals surface area contributed by atoms with Crippen LogP contribution in [0, 0.1) is 12.8 Å². The van der Waals surface area contributed by atoms with Gasteiger partial charge in [0, 0.05) is 24.5 Å². The van der Waals surface area contributed by atoms with Crippen LogP contribution in [-0.2, 0) is 6.42 Å². The molecule has 4 nitrogen and oxygen atoms in total. The van der Waals surface area contributed by atoms with Crippen LogP contribution in [0.25, 0.3) is 11.0 Å². The largest absolute Gasteiger partial charge is 0.451 e. The zero-order chi connectivity index (χ0) is 16.9. The van der Waals surface area contributed by atoms with E-state index in [2.05, 4.69) is 29.6 Å². The summed E-state index contributed by atoms with van der Waals surface area (Å²) in [4.78, 5) is 12.2. The van der Waals surface area contributed by atoms with Gasteiger partial charge in [-0.15, -0.1) is 0 Å². The first-order valence-electron chi connectivity index (χ1n) is 8.09. The zero-order valence-corrected chi connectivity index (χ0v) is 13.7. The molecule has 3 rings (SSSR count). The molecule has 0 saturated heterocycles. The molecule has 0 radical (unpaired) electrons. The van der Waals surface area contributed by atoms with Gasteiger partial charge in [-0.1, -0.05) is 48.0 Å². The van der Waals surface area contributed by atoms with Gasteiger partial charge in [-0.2, -0.15) is 0 Å². The van der Waals surface area contributed by atoms with E-state index >= 15 is 0 Å². The maximum atomic E-state index is 12.2. The van der Waals surface area contributed by atoms with Gasteiger partial charge in [0.15, 0.2) is 5.76 Å². The van der Waals surface area contributed by atoms with E-state index < -0.39 is 0 Å². The summed E-state index contributed by atoms with van der Waals surface area (Å²) < 4.78 is 5.55. The highest BCUT2D eigenvalue weighted by Gasteiger charge is 2.15. The molecule has 0 bridgehead atoms. The topological polar surface area (TPSA) is 62.5 Å². The minimum Gasteiger partial charge on any atom is -0.451 e. The van der Waals surface area contributed by atoms with Crippen LogP contribution in [0.5, 0.6) is 0 Å². The molecule has 3 aromatic rings. The monoisotopic (exact) mass is 323 g/mol. The third-order valence-corrected chi connectivity index (χ3v) is 4.10. The second kappa shape index (κ2) is 7.32. The number of aliphatic hydroxyl groups is 1. The van der Waals surface area contributed by atoms with E-state index in [9.17, 15) is 9.90 Å². The van der Waals surface area contributed by atoms with E-state index in [1.165, 1.54) is 5.56 Å². The number of amides is 1. The lowest BCUT2D eigenvalue weighted by molar-refractivity contribution is 0.0914. The van der Waals surface area contributed by atoms with Crippen LogP contribution in [0.4, 0.5) is 0 Å². The molecular weight excluding hydrogens is 302 g/mol. The molecule has 1 aromatic heterocycles. The van der Waals surface area contributed by atoms with Crippen molar-refractivity contribution < 1.29 is 14.3 Å². The van der Waals surface area contributed by atoms with Gasteiger partial charge in [0.2, 0.25) is 0 Å². The molecule has 124 valence electrons. The fourth-order valence-corrected chi connectivity index (χ4v) is 2.68. The first-order chi connectivity index (χ1) is 11.7. The van der Waals surface area contributed by atoms with E-state index in [0.29, 0.717) is 17.9 Å². The number of nitrogens with one attached hydrogen (secondary N) is 1. The fourth-order valence-electron chi connectivity index (χ4n) is 2.68. The highest BCUT2D eigenvalue weighted by Crippen LogP contribution is 2.18. The molecule has 0 fully saturated rings. The third kappa shape index (κ3) is 3.84. The van der Waals surface area contributed by atoms with Gasteiger partial charge in [0.25, 0.3) is 5.91 Å². The number of rotatable bonds is 6. The quantitative estimate of drug-likeness (QED) is 0.731. The Bertz CT molecular complexity index is 787. The van der Waals surface area contributed by atoms with Crippen molar-refractivity contribution in [1.82, 2.24) is 5.32 Å². The van der Waals surface area contributed by atoms with Crippen LogP contribution >= 0.6 is 0 Å². The summed E-state index contributed by atoms with van der Waals surface area (Å²) in [5.74, 6) is 0.0119. The normalized spacial score (nSPS) is 12.2. The van der Waals surface area contributed by atoms with Crippen LogP contribution in [0.2, 0.25) is 0 Å². The van der Waals surface area contributed by atoms with E-state index in [-0.39, 0.29) is 18.4 Å². The lowest BCUT2D eigenvalue weighted by atomic mass is 9.99. The van der Waals surface area contributed by atoms with Crippen molar-refractivity contribution in [3.8, 4) is 0 Å². The number of fused-ring (bicyclic) bond motifs is 1. The fraction of sp³-hybridized carbons (Fsp3) is 0.250. The molecule has 1 atom stereocenters. The molecule has 2 N–H and O–H groups in total. The molecule has 0 aliphatic carbocycles. The van der Waals surface area contributed by atoms with E-state index in [4.69, 9.17) is 4.42 Å². The zero-order valence-electron chi connectivity index (χ0n) is 13.7. The summed E-state index contributed by atoms with van der Waals surface area (Å²) in [6.45, 7) is 2.47. The Kier molecular flexibility index (Phi) is 4.96. The number of aryl methyl sites for hydroxylation is 1. The van der Waals surface area contributed by atoms with E-state index in [1.54, 1.807) is 6.07 Å². The van der Waals surface area contributed by atoms with Crippen molar-refractivity contribution in [1.29, 1.82) is 0 Å². The summed E-state index contributed by atoms with van der Waals surface area (Å²) in [5, 5.41) is 13.3. The maximum Gasteiger partial charge on any atom is 0.287 e. The predicted octanol–water partition coefficient (Wildman–Crippen LogP) is 3.32. The maximum absolute atomic E-state index is 12.2. The first kappa shape index (κ1) is 16.3. The van der Waals surface area contributed by atoms with Crippen LogP contribution in [-0.4, -0.2) is 24.2 Å². The summed E-state index contributed by atoms with van der Waals surface area (Å²) in [6.07, 6.45) is 0.719. The number of benzene rings is 2. The van der Waals surface area contributed by atoms with Crippen molar-refractivity contribution in [2.75, 3.05) is 13.2 Å². The van der Waals surface area contributed by atoms with Gasteiger partial charge < -0.3 is 14.8 Å². The van der Waals surface area contributed by atoms with Gasteiger partial charge in [0.05, 0.1) is 0 Å². The highest BCUT2D eigenvalue weighted by atomic mass is 16.3. The Labute approximate surface area is 141 Å². The Balaban J connectivity index is 1.60. The number of hydrogen-bond donors (Lipinski definition) is 2. The minimum absolute atomic E-state index is 0.0221. The highest BCUT2D eigenvalue weighted by molar-refractivity contribution is 5.96. The molecule has 0 unspecified atom stereocenters. The standard InChI is InChI=1S/C20H21NO3/c1-14-6-8-15(9-7-14)10-16(13-22)12-21-20(23)19-11-17-4-2-3-5-18(17)24-19/h2-9,11,16,22H,10,12-13H2,1H3,(H,21,23)/t16-/m1/s1. The molecule has 0 saturated carbocycles. The van der Waals surface area contributed by atoms with E-state index in [1.807, 2.05) is 31.2 Å². The molecule has 1 amide bonds. The smallest absolute Gasteiger partial charge is 0.287 e. The molecular formula is C20H21NO3. The van der Waals surface area contributed by atoms with Crippen molar-refractivity contribution in [2.24, 2.45) is 5.92 Å². The summed E-state index contributed by atoms with van der Waals surface area (Å²) in [7, 11) is 0. The number of hydrogen-bond acceptors (Lipinski definition) is 3. The molecule has 1 heterocycles. The lowest BCUT2D eigenvalue weighted by Crippen LogP contribution is -2.31. The Morgan fingerprint density at radius 2 is 1.92 bits per heavy atom. The first-order valence-corrected chi connectivity index (χ1v) is 8.09. The number of furan rings is 1.